The first kappa shape index (κ1) is 6.84. The minimum absolute atomic E-state index is 0.144. The van der Waals surface area contributed by atoms with Crippen molar-refractivity contribution in [3.63, 3.8) is 0 Å². The van der Waals surface area contributed by atoms with Gasteiger partial charge in [0, 0.05) is 13.2 Å². The van der Waals surface area contributed by atoms with Crippen molar-refractivity contribution in [1.82, 2.24) is 5.12 Å². The third kappa shape index (κ3) is 5.84. The molecule has 4 heteroatoms. The molecule has 7 heavy (non-hydrogen) atoms. The largest absolute Gasteiger partial charge is 0.396 e. The van der Waals surface area contributed by atoms with Crippen LogP contribution in [0, 0.1) is 0 Å². The van der Waals surface area contributed by atoms with Crippen LogP contribution in [0.15, 0.2) is 0 Å². The maximum Gasteiger partial charge on any atom is 0.0444 e. The summed E-state index contributed by atoms with van der Waals surface area (Å²) >= 11 is 0. The van der Waals surface area contributed by atoms with Gasteiger partial charge in [-0.3, -0.25) is 11.7 Å². The van der Waals surface area contributed by atoms with E-state index in [0.717, 1.165) is 5.12 Å². The van der Waals surface area contributed by atoms with E-state index in [1.54, 1.807) is 0 Å². The van der Waals surface area contributed by atoms with E-state index >= 15 is 0 Å². The van der Waals surface area contributed by atoms with Crippen molar-refractivity contribution >= 4 is 0 Å². The second-order valence-corrected chi connectivity index (χ2v) is 1.31. The summed E-state index contributed by atoms with van der Waals surface area (Å²) in [6.45, 7) is 0.682. The first-order chi connectivity index (χ1) is 3.27. The molecule has 0 aromatic carbocycles. The number of rotatable bonds is 3. The first-order valence-corrected chi connectivity index (χ1v) is 2.15. The smallest absolute Gasteiger partial charge is 0.0444 e. The number of nitrogens with zero attached hydrogens (tertiary/aromatic N) is 1. The minimum Gasteiger partial charge on any atom is -0.396 e. The molecule has 4 nitrogen and oxygen atoms in total. The second-order valence-electron chi connectivity index (χ2n) is 1.31. The van der Waals surface area contributed by atoms with Crippen LogP contribution >= 0.6 is 0 Å². The van der Waals surface area contributed by atoms with Crippen LogP contribution in [0.2, 0.25) is 0 Å². The SMILES string of the molecule is NN(N)CCCO. The summed E-state index contributed by atoms with van der Waals surface area (Å²) < 4.78 is 0. The summed E-state index contributed by atoms with van der Waals surface area (Å²) in [5.74, 6) is 9.96. The van der Waals surface area contributed by atoms with E-state index in [4.69, 9.17) is 16.8 Å². The van der Waals surface area contributed by atoms with E-state index in [1.165, 1.54) is 0 Å². The number of aliphatic hydroxyl groups is 1. The molecule has 0 radical (unpaired) electrons. The van der Waals surface area contributed by atoms with Gasteiger partial charge in [0.05, 0.1) is 0 Å². The van der Waals surface area contributed by atoms with Crippen molar-refractivity contribution in [1.29, 1.82) is 0 Å². The van der Waals surface area contributed by atoms with Gasteiger partial charge in [-0.25, -0.2) is 0 Å². The maximum absolute atomic E-state index is 8.18. The normalized spacial score (nSPS) is 10.3. The lowest BCUT2D eigenvalue weighted by Crippen LogP contribution is -2.38. The number of hydrogen-bond acceptors (Lipinski definition) is 4. The lowest BCUT2D eigenvalue weighted by Gasteiger charge is -2.05. The van der Waals surface area contributed by atoms with Crippen LogP contribution < -0.4 is 11.7 Å². The van der Waals surface area contributed by atoms with Crippen molar-refractivity contribution in [3.8, 4) is 0 Å². The van der Waals surface area contributed by atoms with Crippen LogP contribution in [-0.4, -0.2) is 23.4 Å². The number of hydrazine groups is 2. The van der Waals surface area contributed by atoms with Crippen LogP contribution in [0.25, 0.3) is 0 Å². The molecule has 0 saturated heterocycles. The molecule has 0 unspecified atom stereocenters. The van der Waals surface area contributed by atoms with Gasteiger partial charge in [0.1, 0.15) is 0 Å². The topological polar surface area (TPSA) is 75.5 Å². The van der Waals surface area contributed by atoms with Crippen LogP contribution in [-0.2, 0) is 0 Å². The van der Waals surface area contributed by atoms with Crippen LogP contribution in [0.4, 0.5) is 0 Å². The molecule has 0 aliphatic rings. The molecule has 0 spiro atoms. The van der Waals surface area contributed by atoms with Gasteiger partial charge >= 0.3 is 0 Å². The van der Waals surface area contributed by atoms with Crippen LogP contribution in [0.3, 0.4) is 0 Å². The van der Waals surface area contributed by atoms with Gasteiger partial charge in [0.15, 0.2) is 0 Å². The van der Waals surface area contributed by atoms with Gasteiger partial charge in [-0.15, -0.1) is 0 Å². The Kier molecular flexibility index (Phi) is 3.92. The maximum atomic E-state index is 8.18. The lowest BCUT2D eigenvalue weighted by molar-refractivity contribution is 0.230. The average molecular weight is 105 g/mol. The molecular formula is C3H11N3O. The van der Waals surface area contributed by atoms with Gasteiger partial charge in [-0.2, -0.15) is 5.12 Å². The number of nitrogens with two attached hydrogens (primary N) is 2. The molecule has 0 atom stereocenters. The highest BCUT2D eigenvalue weighted by atomic mass is 16.3. The summed E-state index contributed by atoms with van der Waals surface area (Å²) in [5.41, 5.74) is 0. The number of aliphatic hydroxyl groups excluding tert-OH is 1. The Labute approximate surface area is 42.6 Å². The Morgan fingerprint density at radius 1 is 1.43 bits per heavy atom. The van der Waals surface area contributed by atoms with Crippen LogP contribution in [0.1, 0.15) is 6.42 Å². The summed E-state index contributed by atoms with van der Waals surface area (Å²) in [6.07, 6.45) is 0.632. The molecule has 0 aliphatic heterocycles. The Balaban J connectivity index is 2.68. The Bertz CT molecular complexity index is 39.2. The number of hydrogen-bond donors (Lipinski definition) is 3. The molecule has 44 valence electrons. The minimum atomic E-state index is 0.144. The highest BCUT2D eigenvalue weighted by Crippen LogP contribution is 1.72. The highest BCUT2D eigenvalue weighted by Gasteiger charge is 1.85. The van der Waals surface area contributed by atoms with Crippen molar-refractivity contribution in [2.24, 2.45) is 11.7 Å². The summed E-state index contributed by atoms with van der Waals surface area (Å²) in [6, 6.07) is 0. The van der Waals surface area contributed by atoms with Gasteiger partial charge in [0.25, 0.3) is 0 Å². The summed E-state index contributed by atoms with van der Waals surface area (Å²) in [5, 5.41) is 9.23. The van der Waals surface area contributed by atoms with Gasteiger partial charge in [-0.05, 0) is 6.42 Å². The zero-order chi connectivity index (χ0) is 5.70. The first-order valence-electron chi connectivity index (χ1n) is 2.15. The molecule has 0 amide bonds. The third-order valence-corrected chi connectivity index (χ3v) is 0.574. The molecular weight excluding hydrogens is 94.1 g/mol. The van der Waals surface area contributed by atoms with Gasteiger partial charge < -0.3 is 5.11 Å². The monoisotopic (exact) mass is 105 g/mol. The Morgan fingerprint density at radius 2 is 2.00 bits per heavy atom. The zero-order valence-electron chi connectivity index (χ0n) is 4.17. The van der Waals surface area contributed by atoms with Gasteiger partial charge in [-0.1, -0.05) is 0 Å². The molecule has 5 N–H and O–H groups in total. The van der Waals surface area contributed by atoms with E-state index in [0.29, 0.717) is 13.0 Å². The van der Waals surface area contributed by atoms with E-state index in [1.807, 2.05) is 0 Å². The molecule has 0 aromatic heterocycles. The lowest BCUT2D eigenvalue weighted by atomic mass is 10.5. The Morgan fingerprint density at radius 3 is 2.14 bits per heavy atom. The summed E-state index contributed by atoms with van der Waals surface area (Å²) in [4.78, 5) is 0. The standard InChI is InChI=1S/C3H11N3O/c4-6(5)2-1-3-7/h7H,1-5H2. The van der Waals surface area contributed by atoms with Crippen molar-refractivity contribution in [2.75, 3.05) is 13.2 Å². The van der Waals surface area contributed by atoms with Gasteiger partial charge in [0.2, 0.25) is 0 Å². The fraction of sp³-hybridized carbons (Fsp3) is 1.00. The fourth-order valence-corrected chi connectivity index (χ4v) is 0.253. The van der Waals surface area contributed by atoms with E-state index < -0.39 is 0 Å². The molecule has 0 rings (SSSR count). The molecule has 0 heterocycles. The quantitative estimate of drug-likeness (QED) is 0.299. The molecule has 0 aliphatic carbocycles. The molecule has 0 saturated carbocycles. The highest BCUT2D eigenvalue weighted by molar-refractivity contribution is 4.34. The van der Waals surface area contributed by atoms with E-state index in [2.05, 4.69) is 0 Å². The fourth-order valence-electron chi connectivity index (χ4n) is 0.253. The molecule has 0 bridgehead atoms. The Hall–Kier alpha value is -0.160. The average Bonchev–Trinajstić information content (AvgIpc) is 1.61. The van der Waals surface area contributed by atoms with Crippen molar-refractivity contribution in [2.45, 2.75) is 6.42 Å². The molecule has 0 aromatic rings. The summed E-state index contributed by atoms with van der Waals surface area (Å²) in [7, 11) is 0. The molecule has 0 fully saturated rings. The van der Waals surface area contributed by atoms with Crippen LogP contribution in [0.5, 0.6) is 0 Å². The predicted molar refractivity (Wildman–Crippen MR) is 26.8 cm³/mol. The zero-order valence-corrected chi connectivity index (χ0v) is 4.17. The van der Waals surface area contributed by atoms with E-state index in [9.17, 15) is 0 Å². The van der Waals surface area contributed by atoms with Crippen molar-refractivity contribution in [3.05, 3.63) is 0 Å². The predicted octanol–water partition coefficient (Wildman–Crippen LogP) is -1.58. The second kappa shape index (κ2) is 4.01. The van der Waals surface area contributed by atoms with E-state index in [-0.39, 0.29) is 6.61 Å². The third-order valence-electron chi connectivity index (χ3n) is 0.574. The van der Waals surface area contributed by atoms with Crippen molar-refractivity contribution < 1.29 is 5.11 Å².